The van der Waals surface area contributed by atoms with Crippen LogP contribution in [0.4, 0.5) is 10.1 Å². The van der Waals surface area contributed by atoms with Gasteiger partial charge in [-0.1, -0.05) is 12.1 Å². The molecule has 146 valence electrons. The Morgan fingerprint density at radius 2 is 1.86 bits per heavy atom. The van der Waals surface area contributed by atoms with Gasteiger partial charge >= 0.3 is 0 Å². The number of benzene rings is 2. The van der Waals surface area contributed by atoms with Crippen LogP contribution in [0.15, 0.2) is 59.7 Å². The molecule has 2 aromatic heterocycles. The molecule has 8 heteroatoms. The number of hydrogen-bond acceptors (Lipinski definition) is 4. The Bertz CT molecular complexity index is 1270. The minimum absolute atomic E-state index is 0.222. The topological polar surface area (TPSA) is 81.3 Å². The Kier molecular flexibility index (Phi) is 4.67. The molecule has 0 aliphatic heterocycles. The van der Waals surface area contributed by atoms with E-state index < -0.39 is 5.56 Å². The molecule has 0 aliphatic carbocycles. The lowest BCUT2D eigenvalue weighted by molar-refractivity contribution is -0.117. The Hall–Kier alpha value is -3.81. The fraction of sp³-hybridized carbons (Fsp3) is 0.143. The minimum atomic E-state index is -0.440. The number of aromatic nitrogens is 4. The second-order valence-electron chi connectivity index (χ2n) is 6.83. The van der Waals surface area contributed by atoms with E-state index in [9.17, 15) is 14.0 Å². The van der Waals surface area contributed by atoms with Crippen LogP contribution in [0.5, 0.6) is 0 Å². The predicted molar refractivity (Wildman–Crippen MR) is 107 cm³/mol. The molecule has 2 heterocycles. The van der Waals surface area contributed by atoms with Gasteiger partial charge in [-0.05, 0) is 61.4 Å². The van der Waals surface area contributed by atoms with Crippen LogP contribution < -0.4 is 10.9 Å². The number of carbonyl (C=O) groups excluding carboxylic acids is 1. The summed E-state index contributed by atoms with van der Waals surface area (Å²) >= 11 is 0. The van der Waals surface area contributed by atoms with Crippen LogP contribution in [0, 0.1) is 19.7 Å². The number of anilines is 1. The van der Waals surface area contributed by atoms with Gasteiger partial charge in [-0.25, -0.2) is 13.6 Å². The van der Waals surface area contributed by atoms with E-state index in [1.165, 1.54) is 23.0 Å². The number of hydrogen-bond donors (Lipinski definition) is 1. The van der Waals surface area contributed by atoms with Crippen LogP contribution >= 0.6 is 0 Å². The van der Waals surface area contributed by atoms with Crippen molar-refractivity contribution in [1.29, 1.82) is 0 Å². The van der Waals surface area contributed by atoms with Crippen LogP contribution in [0.1, 0.15) is 11.1 Å². The van der Waals surface area contributed by atoms with Crippen molar-refractivity contribution >= 4 is 17.1 Å². The summed E-state index contributed by atoms with van der Waals surface area (Å²) < 4.78 is 15.6. The summed E-state index contributed by atoms with van der Waals surface area (Å²) in [6.45, 7) is 3.61. The highest BCUT2D eigenvalue weighted by Gasteiger charge is 2.13. The smallest absolute Gasteiger partial charge is 0.293 e. The van der Waals surface area contributed by atoms with Gasteiger partial charge in [0.25, 0.3) is 5.56 Å². The van der Waals surface area contributed by atoms with E-state index in [1.54, 1.807) is 18.2 Å². The summed E-state index contributed by atoms with van der Waals surface area (Å²) in [5, 5.41) is 11.1. The second kappa shape index (κ2) is 7.31. The third-order valence-corrected chi connectivity index (χ3v) is 4.59. The molecule has 0 bridgehead atoms. The minimum Gasteiger partial charge on any atom is -0.324 e. The van der Waals surface area contributed by atoms with E-state index >= 15 is 0 Å². The lowest BCUT2D eigenvalue weighted by Crippen LogP contribution is -2.30. The first kappa shape index (κ1) is 18.5. The maximum atomic E-state index is 13.1. The van der Waals surface area contributed by atoms with Gasteiger partial charge in [0, 0.05) is 11.3 Å². The summed E-state index contributed by atoms with van der Waals surface area (Å²) in [5.41, 5.74) is 3.68. The predicted octanol–water partition coefficient (Wildman–Crippen LogP) is 2.95. The first-order chi connectivity index (χ1) is 13.9. The van der Waals surface area contributed by atoms with Crippen LogP contribution in [-0.2, 0) is 11.3 Å². The molecule has 1 N–H and O–H groups in total. The molecule has 4 rings (SSSR count). The molecule has 4 aromatic rings. The van der Waals surface area contributed by atoms with Gasteiger partial charge in [-0.3, -0.25) is 9.59 Å². The Balaban J connectivity index is 1.60. The van der Waals surface area contributed by atoms with E-state index in [-0.39, 0.29) is 23.8 Å². The summed E-state index contributed by atoms with van der Waals surface area (Å²) in [7, 11) is 0. The normalized spacial score (nSPS) is 11.0. The molecule has 0 saturated carbocycles. The Morgan fingerprint density at radius 3 is 2.62 bits per heavy atom. The molecule has 0 fully saturated rings. The lowest BCUT2D eigenvalue weighted by atomic mass is 10.1. The van der Waals surface area contributed by atoms with Gasteiger partial charge in [0.2, 0.25) is 5.91 Å². The first-order valence-corrected chi connectivity index (χ1v) is 8.99. The van der Waals surface area contributed by atoms with Gasteiger partial charge in [0.05, 0.1) is 5.69 Å². The van der Waals surface area contributed by atoms with Crippen LogP contribution in [0.3, 0.4) is 0 Å². The van der Waals surface area contributed by atoms with Crippen molar-refractivity contribution in [1.82, 2.24) is 19.4 Å². The highest BCUT2D eigenvalue weighted by Crippen LogP contribution is 2.19. The molecule has 0 unspecified atom stereocenters. The van der Waals surface area contributed by atoms with E-state index in [2.05, 4.69) is 15.5 Å². The molecule has 1 amide bonds. The molecular weight excluding hydrogens is 373 g/mol. The molecule has 0 atom stereocenters. The van der Waals surface area contributed by atoms with Crippen molar-refractivity contribution in [2.45, 2.75) is 20.4 Å². The molecule has 0 radical (unpaired) electrons. The molecule has 29 heavy (non-hydrogen) atoms. The summed E-state index contributed by atoms with van der Waals surface area (Å²) in [6, 6.07) is 13.2. The number of halogens is 1. The molecule has 0 spiro atoms. The van der Waals surface area contributed by atoms with Crippen LogP contribution in [-0.4, -0.2) is 25.3 Å². The number of amides is 1. The maximum absolute atomic E-state index is 13.1. The van der Waals surface area contributed by atoms with Gasteiger partial charge in [0.1, 0.15) is 24.2 Å². The average Bonchev–Trinajstić information content (AvgIpc) is 3.13. The standard InChI is InChI=1S/C21H18FN5O2/c1-13-3-4-14(2)17(9-13)24-20(28)11-26-21(29)19-10-18(25-27(19)12-23-26)15-5-7-16(22)8-6-15/h3-10,12H,11H2,1-2H3,(H,24,28). The average molecular weight is 391 g/mol. The maximum Gasteiger partial charge on any atom is 0.293 e. The molecule has 0 aliphatic rings. The summed E-state index contributed by atoms with van der Waals surface area (Å²) in [5.74, 6) is -0.702. The molecule has 0 saturated heterocycles. The summed E-state index contributed by atoms with van der Waals surface area (Å²) in [4.78, 5) is 25.2. The van der Waals surface area contributed by atoms with Crippen molar-refractivity contribution in [3.8, 4) is 11.3 Å². The third kappa shape index (κ3) is 3.77. The van der Waals surface area contributed by atoms with E-state index in [0.29, 0.717) is 16.9 Å². The van der Waals surface area contributed by atoms with Crippen molar-refractivity contribution < 1.29 is 9.18 Å². The van der Waals surface area contributed by atoms with Crippen LogP contribution in [0.2, 0.25) is 0 Å². The Labute approximate surface area is 165 Å². The Morgan fingerprint density at radius 1 is 1.10 bits per heavy atom. The SMILES string of the molecule is Cc1ccc(C)c(NC(=O)Cn2ncn3nc(-c4ccc(F)cc4)cc3c2=O)c1. The number of rotatable bonds is 4. The third-order valence-electron chi connectivity index (χ3n) is 4.59. The highest BCUT2D eigenvalue weighted by molar-refractivity contribution is 5.91. The monoisotopic (exact) mass is 391 g/mol. The quantitative estimate of drug-likeness (QED) is 0.580. The number of carbonyl (C=O) groups is 1. The van der Waals surface area contributed by atoms with E-state index in [1.807, 2.05) is 32.0 Å². The zero-order valence-corrected chi connectivity index (χ0v) is 15.9. The number of nitrogens with one attached hydrogen (secondary N) is 1. The largest absolute Gasteiger partial charge is 0.324 e. The van der Waals surface area contributed by atoms with Gasteiger partial charge in [0.15, 0.2) is 0 Å². The van der Waals surface area contributed by atoms with Gasteiger partial charge in [-0.15, -0.1) is 0 Å². The highest BCUT2D eigenvalue weighted by atomic mass is 19.1. The van der Waals surface area contributed by atoms with Crippen LogP contribution in [0.25, 0.3) is 16.8 Å². The zero-order chi connectivity index (χ0) is 20.5. The van der Waals surface area contributed by atoms with E-state index in [0.717, 1.165) is 15.8 Å². The van der Waals surface area contributed by atoms with Crippen molar-refractivity contribution in [2.75, 3.05) is 5.32 Å². The van der Waals surface area contributed by atoms with Gasteiger partial charge in [-0.2, -0.15) is 10.2 Å². The molecule has 2 aromatic carbocycles. The summed E-state index contributed by atoms with van der Waals surface area (Å²) in [6.07, 6.45) is 1.37. The fourth-order valence-electron chi connectivity index (χ4n) is 3.01. The number of fused-ring (bicyclic) bond motifs is 1. The van der Waals surface area contributed by atoms with Crippen molar-refractivity contribution in [3.63, 3.8) is 0 Å². The number of aryl methyl sites for hydroxylation is 2. The zero-order valence-electron chi connectivity index (χ0n) is 15.9. The fourth-order valence-corrected chi connectivity index (χ4v) is 3.01. The number of nitrogens with zero attached hydrogens (tertiary/aromatic N) is 4. The van der Waals surface area contributed by atoms with E-state index in [4.69, 9.17) is 0 Å². The molecular formula is C21H18FN5O2. The van der Waals surface area contributed by atoms with Gasteiger partial charge < -0.3 is 5.32 Å². The first-order valence-electron chi connectivity index (χ1n) is 8.99. The second-order valence-corrected chi connectivity index (χ2v) is 6.83. The van der Waals surface area contributed by atoms with Crippen molar-refractivity contribution in [3.05, 3.63) is 82.2 Å². The van der Waals surface area contributed by atoms with Crippen molar-refractivity contribution in [2.24, 2.45) is 0 Å². The molecule has 7 nitrogen and oxygen atoms in total. The lowest BCUT2D eigenvalue weighted by Gasteiger charge is -2.10.